The Bertz CT molecular complexity index is 1230. The van der Waals surface area contributed by atoms with Gasteiger partial charge in [0.25, 0.3) is 0 Å². The van der Waals surface area contributed by atoms with E-state index in [0.29, 0.717) is 17.4 Å². The first-order chi connectivity index (χ1) is 13.3. The molecule has 3 N–H and O–H groups in total. The SMILES string of the molecule is c1ccc(Nc2nc(Nc3ccc4cccnc4c3)c3[nH]cnc3n2)cc1. The van der Waals surface area contributed by atoms with Gasteiger partial charge < -0.3 is 15.6 Å². The molecule has 5 aromatic rings. The molecule has 0 saturated carbocycles. The molecule has 3 aromatic heterocycles. The molecule has 0 unspecified atom stereocenters. The molecule has 0 fully saturated rings. The van der Waals surface area contributed by atoms with Crippen LogP contribution in [0.5, 0.6) is 0 Å². The summed E-state index contributed by atoms with van der Waals surface area (Å²) in [5, 5.41) is 7.65. The average Bonchev–Trinajstić information content (AvgIpc) is 3.18. The van der Waals surface area contributed by atoms with E-state index in [0.717, 1.165) is 27.8 Å². The van der Waals surface area contributed by atoms with E-state index in [-0.39, 0.29) is 0 Å². The number of para-hydroxylation sites is 1. The van der Waals surface area contributed by atoms with Gasteiger partial charge in [-0.05, 0) is 30.3 Å². The number of benzene rings is 2. The predicted octanol–water partition coefficient (Wildman–Crippen LogP) is 4.39. The summed E-state index contributed by atoms with van der Waals surface area (Å²) in [6, 6.07) is 19.8. The van der Waals surface area contributed by atoms with Gasteiger partial charge in [-0.1, -0.05) is 30.3 Å². The minimum Gasteiger partial charge on any atom is -0.340 e. The van der Waals surface area contributed by atoms with E-state index in [4.69, 9.17) is 0 Å². The highest BCUT2D eigenvalue weighted by Gasteiger charge is 2.11. The summed E-state index contributed by atoms with van der Waals surface area (Å²) >= 11 is 0. The Kier molecular flexibility index (Phi) is 3.61. The second-order valence-corrected chi connectivity index (χ2v) is 6.02. The van der Waals surface area contributed by atoms with E-state index >= 15 is 0 Å². The lowest BCUT2D eigenvalue weighted by Crippen LogP contribution is -2.02. The minimum absolute atomic E-state index is 0.474. The van der Waals surface area contributed by atoms with Gasteiger partial charge in [-0.2, -0.15) is 9.97 Å². The number of nitrogens with one attached hydrogen (secondary N) is 3. The monoisotopic (exact) mass is 353 g/mol. The third-order valence-electron chi connectivity index (χ3n) is 4.18. The molecule has 0 atom stereocenters. The number of nitrogens with zero attached hydrogens (tertiary/aromatic N) is 4. The van der Waals surface area contributed by atoms with Crippen LogP contribution in [0.1, 0.15) is 0 Å². The van der Waals surface area contributed by atoms with Gasteiger partial charge in [0, 0.05) is 23.0 Å². The summed E-state index contributed by atoms with van der Waals surface area (Å²) in [6.07, 6.45) is 3.39. The summed E-state index contributed by atoms with van der Waals surface area (Å²) in [5.41, 5.74) is 4.05. The summed E-state index contributed by atoms with van der Waals surface area (Å²) < 4.78 is 0. The van der Waals surface area contributed by atoms with Crippen molar-refractivity contribution in [2.75, 3.05) is 10.6 Å². The molecule has 7 heteroatoms. The number of H-pyrrole nitrogens is 1. The first-order valence-electron chi connectivity index (χ1n) is 8.50. The smallest absolute Gasteiger partial charge is 0.231 e. The molecule has 0 aliphatic rings. The van der Waals surface area contributed by atoms with Gasteiger partial charge in [-0.3, -0.25) is 4.98 Å². The Morgan fingerprint density at radius 3 is 2.63 bits per heavy atom. The number of aromatic nitrogens is 5. The van der Waals surface area contributed by atoms with E-state index in [9.17, 15) is 0 Å². The topological polar surface area (TPSA) is 91.4 Å². The summed E-state index contributed by atoms with van der Waals surface area (Å²) in [6.45, 7) is 0. The van der Waals surface area contributed by atoms with E-state index in [2.05, 4.69) is 35.6 Å². The zero-order chi connectivity index (χ0) is 18.1. The van der Waals surface area contributed by atoms with E-state index in [1.54, 1.807) is 12.5 Å². The fourth-order valence-corrected chi connectivity index (χ4v) is 2.91. The zero-order valence-electron chi connectivity index (χ0n) is 14.2. The number of fused-ring (bicyclic) bond motifs is 2. The molecule has 5 rings (SSSR count). The average molecular weight is 353 g/mol. The maximum Gasteiger partial charge on any atom is 0.231 e. The Labute approximate surface area is 154 Å². The van der Waals surface area contributed by atoms with Gasteiger partial charge in [-0.15, -0.1) is 0 Å². The highest BCUT2D eigenvalue weighted by Crippen LogP contribution is 2.25. The Hall–Kier alpha value is -4.00. The predicted molar refractivity (Wildman–Crippen MR) is 106 cm³/mol. The molecule has 0 radical (unpaired) electrons. The van der Waals surface area contributed by atoms with Crippen LogP contribution in [-0.4, -0.2) is 24.9 Å². The van der Waals surface area contributed by atoms with Crippen molar-refractivity contribution in [3.63, 3.8) is 0 Å². The standard InChI is InChI=1S/C20H15N7/c1-2-6-14(7-3-1)25-20-26-18-17(22-12-23-18)19(27-20)24-15-9-8-13-5-4-10-21-16(13)11-15/h1-12H,(H3,22,23,24,25,26,27). The van der Waals surface area contributed by atoms with Crippen molar-refractivity contribution in [2.24, 2.45) is 0 Å². The number of hydrogen-bond donors (Lipinski definition) is 3. The Balaban J connectivity index is 1.53. The molecular weight excluding hydrogens is 338 g/mol. The van der Waals surface area contributed by atoms with Crippen LogP contribution >= 0.6 is 0 Å². The maximum absolute atomic E-state index is 4.62. The van der Waals surface area contributed by atoms with Gasteiger partial charge in [0.1, 0.15) is 5.52 Å². The molecule has 3 heterocycles. The highest BCUT2D eigenvalue weighted by atomic mass is 15.2. The first kappa shape index (κ1) is 15.3. The molecule has 0 aliphatic carbocycles. The maximum atomic E-state index is 4.62. The minimum atomic E-state index is 0.474. The zero-order valence-corrected chi connectivity index (χ0v) is 14.2. The van der Waals surface area contributed by atoms with Crippen molar-refractivity contribution in [3.8, 4) is 0 Å². The molecule has 0 aliphatic heterocycles. The van der Waals surface area contributed by atoms with Gasteiger partial charge >= 0.3 is 0 Å². The first-order valence-corrected chi connectivity index (χ1v) is 8.50. The van der Waals surface area contributed by atoms with Gasteiger partial charge in [0.15, 0.2) is 11.5 Å². The highest BCUT2D eigenvalue weighted by molar-refractivity contribution is 5.88. The lowest BCUT2D eigenvalue weighted by Gasteiger charge is -2.10. The molecule has 27 heavy (non-hydrogen) atoms. The molecule has 0 amide bonds. The fourth-order valence-electron chi connectivity index (χ4n) is 2.91. The Morgan fingerprint density at radius 2 is 1.70 bits per heavy atom. The molecule has 2 aromatic carbocycles. The number of rotatable bonds is 4. The number of hydrogen-bond acceptors (Lipinski definition) is 6. The van der Waals surface area contributed by atoms with Crippen molar-refractivity contribution < 1.29 is 0 Å². The number of aromatic amines is 1. The van der Waals surface area contributed by atoms with Crippen LogP contribution in [0.4, 0.5) is 23.1 Å². The van der Waals surface area contributed by atoms with Gasteiger partial charge in [0.05, 0.1) is 11.8 Å². The molecule has 130 valence electrons. The van der Waals surface area contributed by atoms with Crippen molar-refractivity contribution in [1.29, 1.82) is 0 Å². The largest absolute Gasteiger partial charge is 0.340 e. The summed E-state index contributed by atoms with van der Waals surface area (Å²) in [4.78, 5) is 20.9. The van der Waals surface area contributed by atoms with Crippen molar-refractivity contribution >= 4 is 45.2 Å². The number of anilines is 4. The molecular formula is C20H15N7. The van der Waals surface area contributed by atoms with E-state index in [1.165, 1.54) is 0 Å². The lowest BCUT2D eigenvalue weighted by molar-refractivity contribution is 1.19. The fraction of sp³-hybridized carbons (Fsp3) is 0. The van der Waals surface area contributed by atoms with Crippen LogP contribution in [0.2, 0.25) is 0 Å². The normalized spacial score (nSPS) is 11.0. The second kappa shape index (κ2) is 6.38. The molecule has 0 bridgehead atoms. The van der Waals surface area contributed by atoms with E-state index in [1.807, 2.05) is 60.7 Å². The van der Waals surface area contributed by atoms with Gasteiger partial charge in [-0.25, -0.2) is 4.98 Å². The van der Waals surface area contributed by atoms with Crippen LogP contribution in [0.15, 0.2) is 73.2 Å². The third-order valence-corrected chi connectivity index (χ3v) is 4.18. The van der Waals surface area contributed by atoms with Gasteiger partial charge in [0.2, 0.25) is 5.95 Å². The van der Waals surface area contributed by atoms with Crippen LogP contribution < -0.4 is 10.6 Å². The van der Waals surface area contributed by atoms with Crippen LogP contribution in [0.25, 0.3) is 22.1 Å². The van der Waals surface area contributed by atoms with Crippen molar-refractivity contribution in [2.45, 2.75) is 0 Å². The Morgan fingerprint density at radius 1 is 0.778 bits per heavy atom. The summed E-state index contributed by atoms with van der Waals surface area (Å²) in [5.74, 6) is 1.12. The third kappa shape index (κ3) is 3.02. The quantitative estimate of drug-likeness (QED) is 0.444. The van der Waals surface area contributed by atoms with Crippen LogP contribution in [0, 0.1) is 0 Å². The van der Waals surface area contributed by atoms with Crippen LogP contribution in [-0.2, 0) is 0 Å². The number of pyridine rings is 1. The summed E-state index contributed by atoms with van der Waals surface area (Å²) in [7, 11) is 0. The molecule has 0 spiro atoms. The molecule has 7 nitrogen and oxygen atoms in total. The molecule has 0 saturated heterocycles. The van der Waals surface area contributed by atoms with Crippen LogP contribution in [0.3, 0.4) is 0 Å². The van der Waals surface area contributed by atoms with E-state index < -0.39 is 0 Å². The van der Waals surface area contributed by atoms with Crippen molar-refractivity contribution in [1.82, 2.24) is 24.9 Å². The second-order valence-electron chi connectivity index (χ2n) is 6.02. The lowest BCUT2D eigenvalue weighted by atomic mass is 10.2. The number of imidazole rings is 1. The van der Waals surface area contributed by atoms with Crippen molar-refractivity contribution in [3.05, 3.63) is 73.2 Å².